The third-order valence-corrected chi connectivity index (χ3v) is 7.21. The molecule has 0 saturated carbocycles. The molecule has 2 heterocycles. The van der Waals surface area contributed by atoms with Gasteiger partial charge in [-0.2, -0.15) is 0 Å². The number of likely N-dealkylation sites (tertiary alicyclic amines) is 1. The summed E-state index contributed by atoms with van der Waals surface area (Å²) in [6.45, 7) is 2.47. The van der Waals surface area contributed by atoms with Gasteiger partial charge in [0, 0.05) is 28.4 Å². The first kappa shape index (κ1) is 22.0. The van der Waals surface area contributed by atoms with Crippen LogP contribution in [-0.2, 0) is 9.59 Å². The fourth-order valence-electron chi connectivity index (χ4n) is 4.14. The molecule has 2 aliphatic rings. The van der Waals surface area contributed by atoms with Crippen molar-refractivity contribution < 1.29 is 14.3 Å². The van der Waals surface area contributed by atoms with E-state index < -0.39 is 5.25 Å². The zero-order valence-corrected chi connectivity index (χ0v) is 19.0. The molecule has 2 N–H and O–H groups in total. The second-order valence-electron chi connectivity index (χ2n) is 7.75. The van der Waals surface area contributed by atoms with Gasteiger partial charge in [0.1, 0.15) is 5.75 Å². The molecule has 0 aliphatic carbocycles. The van der Waals surface area contributed by atoms with Crippen molar-refractivity contribution in [3.63, 3.8) is 0 Å². The number of fused-ring (bicyclic) bond motifs is 1. The Balaban J connectivity index is 1.41. The number of nitrogens with zero attached hydrogens (tertiary/aromatic N) is 1. The van der Waals surface area contributed by atoms with Gasteiger partial charge in [0.2, 0.25) is 11.8 Å². The lowest BCUT2D eigenvalue weighted by Crippen LogP contribution is -2.39. The van der Waals surface area contributed by atoms with E-state index in [0.29, 0.717) is 17.3 Å². The zero-order chi connectivity index (χ0) is 21.8. The Morgan fingerprint density at radius 2 is 2.06 bits per heavy atom. The van der Waals surface area contributed by atoms with Crippen molar-refractivity contribution in [2.24, 2.45) is 0 Å². The maximum Gasteiger partial charge on any atom is 0.238 e. The molecule has 2 amide bonds. The molecule has 2 aromatic rings. The number of carbonyl (C=O) groups is 2. The number of amides is 2. The molecule has 2 atom stereocenters. The van der Waals surface area contributed by atoms with Gasteiger partial charge in [0.15, 0.2) is 0 Å². The highest BCUT2D eigenvalue weighted by atomic mass is 35.5. The van der Waals surface area contributed by atoms with Crippen molar-refractivity contribution >= 4 is 40.9 Å². The van der Waals surface area contributed by atoms with Crippen LogP contribution in [0.3, 0.4) is 0 Å². The van der Waals surface area contributed by atoms with E-state index in [4.69, 9.17) is 16.3 Å². The maximum absolute atomic E-state index is 12.8. The molecule has 6 nitrogen and oxygen atoms in total. The van der Waals surface area contributed by atoms with Gasteiger partial charge in [-0.1, -0.05) is 29.8 Å². The second kappa shape index (κ2) is 9.94. The number of rotatable bonds is 7. The van der Waals surface area contributed by atoms with Crippen molar-refractivity contribution in [2.75, 3.05) is 32.1 Å². The van der Waals surface area contributed by atoms with Crippen LogP contribution in [0.1, 0.15) is 30.9 Å². The summed E-state index contributed by atoms with van der Waals surface area (Å²) in [5.74, 6) is 0.519. The Kier molecular flexibility index (Phi) is 7.05. The highest BCUT2D eigenvalue weighted by Crippen LogP contribution is 2.38. The Hall–Kier alpha value is -2.22. The third kappa shape index (κ3) is 5.17. The van der Waals surface area contributed by atoms with Gasteiger partial charge in [0.05, 0.1) is 24.1 Å². The summed E-state index contributed by atoms with van der Waals surface area (Å²) < 4.78 is 5.56. The highest BCUT2D eigenvalue weighted by molar-refractivity contribution is 8.01. The number of anilines is 1. The Morgan fingerprint density at radius 1 is 1.29 bits per heavy atom. The smallest absolute Gasteiger partial charge is 0.238 e. The summed E-state index contributed by atoms with van der Waals surface area (Å²) in [5, 5.41) is 6.02. The number of hydrogen-bond donors (Lipinski definition) is 2. The molecule has 2 unspecified atom stereocenters. The number of benzene rings is 2. The number of hydrogen-bond acceptors (Lipinski definition) is 5. The Morgan fingerprint density at radius 3 is 2.84 bits per heavy atom. The summed E-state index contributed by atoms with van der Waals surface area (Å²) in [5.41, 5.74) is 1.77. The van der Waals surface area contributed by atoms with Gasteiger partial charge in [0.25, 0.3) is 0 Å². The van der Waals surface area contributed by atoms with Gasteiger partial charge < -0.3 is 15.4 Å². The van der Waals surface area contributed by atoms with Gasteiger partial charge in [-0.05, 0) is 50.2 Å². The van der Waals surface area contributed by atoms with E-state index in [1.807, 2.05) is 24.3 Å². The molecule has 0 radical (unpaired) electrons. The SMILES string of the molecule is COc1ccccc1C(CNC(=O)CC1Sc2ccc(Cl)cc2NC1=O)N1CCCC1. The average Bonchev–Trinajstić information content (AvgIpc) is 3.29. The summed E-state index contributed by atoms with van der Waals surface area (Å²) in [4.78, 5) is 28.5. The average molecular weight is 460 g/mol. The molecule has 8 heteroatoms. The lowest BCUT2D eigenvalue weighted by Gasteiger charge is -2.29. The lowest BCUT2D eigenvalue weighted by molar-refractivity contribution is -0.124. The van der Waals surface area contributed by atoms with Crippen LogP contribution in [0.25, 0.3) is 0 Å². The minimum atomic E-state index is -0.467. The summed E-state index contributed by atoms with van der Waals surface area (Å²) in [6.07, 6.45) is 2.43. The molecule has 0 aromatic heterocycles. The van der Waals surface area contributed by atoms with E-state index in [0.717, 1.165) is 42.1 Å². The predicted molar refractivity (Wildman–Crippen MR) is 124 cm³/mol. The predicted octanol–water partition coefficient (Wildman–Crippen LogP) is 4.10. The molecule has 2 aliphatic heterocycles. The Bertz CT molecular complexity index is 965. The first-order valence-corrected chi connectivity index (χ1v) is 11.7. The summed E-state index contributed by atoms with van der Waals surface area (Å²) >= 11 is 7.41. The molecule has 2 aromatic carbocycles. The monoisotopic (exact) mass is 459 g/mol. The van der Waals surface area contributed by atoms with Crippen LogP contribution in [0.5, 0.6) is 5.75 Å². The minimum Gasteiger partial charge on any atom is -0.496 e. The molecule has 1 fully saturated rings. The fraction of sp³-hybridized carbons (Fsp3) is 0.391. The molecular formula is C23H26ClN3O3S. The summed E-state index contributed by atoms with van der Waals surface area (Å²) in [7, 11) is 1.67. The number of nitrogens with one attached hydrogen (secondary N) is 2. The normalized spacial score (nSPS) is 19.4. The van der Waals surface area contributed by atoms with E-state index in [1.165, 1.54) is 11.8 Å². The number of carbonyl (C=O) groups excluding carboxylic acids is 2. The first-order chi connectivity index (χ1) is 15.0. The molecule has 4 rings (SSSR count). The third-order valence-electron chi connectivity index (χ3n) is 5.70. The summed E-state index contributed by atoms with van der Waals surface area (Å²) in [6, 6.07) is 13.4. The van der Waals surface area contributed by atoms with Crippen LogP contribution in [0.15, 0.2) is 47.4 Å². The fourth-order valence-corrected chi connectivity index (χ4v) is 5.40. The van der Waals surface area contributed by atoms with Crippen molar-refractivity contribution in [2.45, 2.75) is 35.4 Å². The van der Waals surface area contributed by atoms with Crippen LogP contribution in [0.4, 0.5) is 5.69 Å². The molecule has 164 valence electrons. The van der Waals surface area contributed by atoms with Crippen LogP contribution in [-0.4, -0.2) is 48.7 Å². The number of para-hydroxylation sites is 1. The quantitative estimate of drug-likeness (QED) is 0.652. The molecule has 31 heavy (non-hydrogen) atoms. The van der Waals surface area contributed by atoms with Gasteiger partial charge >= 0.3 is 0 Å². The van der Waals surface area contributed by atoms with E-state index in [-0.39, 0.29) is 24.3 Å². The topological polar surface area (TPSA) is 70.7 Å². The van der Waals surface area contributed by atoms with Crippen LogP contribution in [0.2, 0.25) is 5.02 Å². The van der Waals surface area contributed by atoms with E-state index in [1.54, 1.807) is 19.2 Å². The molecule has 0 bridgehead atoms. The van der Waals surface area contributed by atoms with E-state index in [2.05, 4.69) is 21.6 Å². The number of ether oxygens (including phenoxy) is 1. The maximum atomic E-state index is 12.8. The second-order valence-corrected chi connectivity index (χ2v) is 9.43. The first-order valence-electron chi connectivity index (χ1n) is 10.5. The van der Waals surface area contributed by atoms with E-state index in [9.17, 15) is 9.59 Å². The van der Waals surface area contributed by atoms with Crippen molar-refractivity contribution in [3.05, 3.63) is 53.1 Å². The number of halogens is 1. The molecular weight excluding hydrogens is 434 g/mol. The Labute approximate surface area is 191 Å². The van der Waals surface area contributed by atoms with Crippen LogP contribution >= 0.6 is 23.4 Å². The van der Waals surface area contributed by atoms with Crippen molar-refractivity contribution in [3.8, 4) is 5.75 Å². The van der Waals surface area contributed by atoms with Crippen LogP contribution < -0.4 is 15.4 Å². The number of thioether (sulfide) groups is 1. The minimum absolute atomic E-state index is 0.0401. The molecule has 0 spiro atoms. The molecule has 1 saturated heterocycles. The zero-order valence-electron chi connectivity index (χ0n) is 17.4. The van der Waals surface area contributed by atoms with E-state index >= 15 is 0 Å². The van der Waals surface area contributed by atoms with Gasteiger partial charge in [-0.25, -0.2) is 0 Å². The number of methoxy groups -OCH3 is 1. The van der Waals surface area contributed by atoms with Gasteiger partial charge in [-0.15, -0.1) is 11.8 Å². The largest absolute Gasteiger partial charge is 0.496 e. The van der Waals surface area contributed by atoms with Gasteiger partial charge in [-0.3, -0.25) is 14.5 Å². The lowest BCUT2D eigenvalue weighted by atomic mass is 10.0. The standard InChI is InChI=1S/C23H26ClN3O3S/c1-30-19-7-3-2-6-16(19)18(27-10-4-5-11-27)14-25-22(28)13-21-23(29)26-17-12-15(24)8-9-20(17)31-21/h2-3,6-9,12,18,21H,4-5,10-11,13-14H2,1H3,(H,25,28)(H,26,29). The van der Waals surface area contributed by atoms with Crippen molar-refractivity contribution in [1.29, 1.82) is 0 Å². The van der Waals surface area contributed by atoms with Crippen molar-refractivity contribution in [1.82, 2.24) is 10.2 Å². The van der Waals surface area contributed by atoms with Crippen LogP contribution in [0, 0.1) is 0 Å². The highest BCUT2D eigenvalue weighted by Gasteiger charge is 2.30.